The number of nitrogens with zero attached hydrogens (tertiary/aromatic N) is 4. The minimum Gasteiger partial charge on any atom is -0.325 e. The molecule has 0 bridgehead atoms. The lowest BCUT2D eigenvalue weighted by atomic mass is 9.91. The maximum Gasteiger partial charge on any atom is 0.320 e. The van der Waals surface area contributed by atoms with E-state index < -0.39 is 0 Å². The van der Waals surface area contributed by atoms with Gasteiger partial charge in [-0.3, -0.25) is 9.36 Å². The number of rotatable bonds is 6. The molecule has 37 heavy (non-hydrogen) atoms. The van der Waals surface area contributed by atoms with Gasteiger partial charge in [0.25, 0.3) is 5.56 Å². The number of nitrogens with one attached hydrogen (secondary N) is 1. The van der Waals surface area contributed by atoms with Crippen LogP contribution in [-0.4, -0.2) is 57.6 Å². The highest BCUT2D eigenvalue weighted by molar-refractivity contribution is 5.75. The third kappa shape index (κ3) is 5.93. The molecule has 2 atom stereocenters. The predicted molar refractivity (Wildman–Crippen MR) is 146 cm³/mol. The van der Waals surface area contributed by atoms with Crippen LogP contribution in [0.2, 0.25) is 0 Å². The predicted octanol–water partition coefficient (Wildman–Crippen LogP) is 4.56. The van der Waals surface area contributed by atoms with Crippen molar-refractivity contribution in [2.75, 3.05) is 26.2 Å². The summed E-state index contributed by atoms with van der Waals surface area (Å²) in [5.74, 6) is 0.357. The molecule has 1 N–H and O–H groups in total. The second kappa shape index (κ2) is 11.7. The fraction of sp³-hybridized carbons (Fsp3) is 0.433. The molecule has 1 aromatic heterocycles. The van der Waals surface area contributed by atoms with Crippen LogP contribution >= 0.6 is 0 Å². The first kappa shape index (κ1) is 25.2. The van der Waals surface area contributed by atoms with Gasteiger partial charge in [0.15, 0.2) is 0 Å². The summed E-state index contributed by atoms with van der Waals surface area (Å²) in [6.45, 7) is 5.95. The Morgan fingerprint density at radius 1 is 0.973 bits per heavy atom. The highest BCUT2D eigenvalue weighted by atomic mass is 16.2. The number of aromatic nitrogens is 2. The van der Waals surface area contributed by atoms with Gasteiger partial charge in [0.05, 0.1) is 18.1 Å². The zero-order valence-electron chi connectivity index (χ0n) is 21.6. The third-order valence-electron chi connectivity index (χ3n) is 7.81. The van der Waals surface area contributed by atoms with E-state index in [0.29, 0.717) is 24.2 Å². The first-order valence-electron chi connectivity index (χ1n) is 13.6. The van der Waals surface area contributed by atoms with Gasteiger partial charge in [-0.15, -0.1) is 0 Å². The van der Waals surface area contributed by atoms with E-state index in [9.17, 15) is 9.59 Å². The smallest absolute Gasteiger partial charge is 0.320 e. The van der Waals surface area contributed by atoms with E-state index in [1.807, 2.05) is 41.3 Å². The SMILES string of the molecule is CCN[C@@H]1CCN(C(=O)N2CCC(Cn3cnc(-c4ccccc4)cc3=O)CC2)[C@H](c2ccccc2)C1. The zero-order chi connectivity index (χ0) is 25.6. The average Bonchev–Trinajstić information content (AvgIpc) is 2.95. The molecule has 2 fully saturated rings. The lowest BCUT2D eigenvalue weighted by molar-refractivity contribution is 0.0912. The summed E-state index contributed by atoms with van der Waals surface area (Å²) in [6, 6.07) is 22.5. The number of carbonyl (C=O) groups excluding carboxylic acids is 1. The van der Waals surface area contributed by atoms with Gasteiger partial charge in [0.2, 0.25) is 0 Å². The Balaban J connectivity index is 1.20. The normalized spacial score (nSPS) is 20.7. The Morgan fingerprint density at radius 2 is 1.68 bits per heavy atom. The second-order valence-corrected chi connectivity index (χ2v) is 10.2. The van der Waals surface area contributed by atoms with Crippen LogP contribution in [0.4, 0.5) is 4.79 Å². The van der Waals surface area contributed by atoms with E-state index >= 15 is 0 Å². The lowest BCUT2D eigenvalue weighted by Gasteiger charge is -2.43. The molecule has 0 saturated carbocycles. The van der Waals surface area contributed by atoms with Gasteiger partial charge in [-0.1, -0.05) is 67.6 Å². The van der Waals surface area contributed by atoms with Crippen molar-refractivity contribution in [2.24, 2.45) is 5.92 Å². The molecule has 0 aliphatic carbocycles. The van der Waals surface area contributed by atoms with E-state index in [2.05, 4.69) is 46.4 Å². The van der Waals surface area contributed by atoms with Gasteiger partial charge in [-0.2, -0.15) is 0 Å². The quantitative estimate of drug-likeness (QED) is 0.540. The molecule has 7 nitrogen and oxygen atoms in total. The average molecular weight is 500 g/mol. The monoisotopic (exact) mass is 499 g/mol. The molecule has 0 unspecified atom stereocenters. The molecule has 2 saturated heterocycles. The van der Waals surface area contributed by atoms with Gasteiger partial charge < -0.3 is 15.1 Å². The second-order valence-electron chi connectivity index (χ2n) is 10.2. The Bertz CT molecular complexity index is 1220. The van der Waals surface area contributed by atoms with E-state index in [1.54, 1.807) is 17.0 Å². The highest BCUT2D eigenvalue weighted by Gasteiger charge is 2.35. The summed E-state index contributed by atoms with van der Waals surface area (Å²) in [5.41, 5.74) is 2.83. The van der Waals surface area contributed by atoms with Crippen molar-refractivity contribution >= 4 is 6.03 Å². The van der Waals surface area contributed by atoms with Crippen molar-refractivity contribution < 1.29 is 4.79 Å². The number of amides is 2. The van der Waals surface area contributed by atoms with Crippen LogP contribution in [-0.2, 0) is 6.54 Å². The molecule has 2 aromatic carbocycles. The first-order valence-corrected chi connectivity index (χ1v) is 13.6. The van der Waals surface area contributed by atoms with Crippen molar-refractivity contribution in [1.82, 2.24) is 24.7 Å². The Kier molecular flexibility index (Phi) is 7.99. The van der Waals surface area contributed by atoms with Crippen LogP contribution < -0.4 is 10.9 Å². The van der Waals surface area contributed by atoms with Gasteiger partial charge in [0, 0.05) is 43.9 Å². The summed E-state index contributed by atoms with van der Waals surface area (Å²) in [5, 5.41) is 3.58. The number of benzene rings is 2. The largest absolute Gasteiger partial charge is 0.325 e. The van der Waals surface area contributed by atoms with Crippen LogP contribution in [0.3, 0.4) is 0 Å². The van der Waals surface area contributed by atoms with Crippen LogP contribution in [0.15, 0.2) is 77.9 Å². The maximum absolute atomic E-state index is 13.7. The molecule has 2 amide bonds. The summed E-state index contributed by atoms with van der Waals surface area (Å²) in [6.07, 6.45) is 5.37. The van der Waals surface area contributed by atoms with Gasteiger partial charge in [-0.05, 0) is 43.7 Å². The van der Waals surface area contributed by atoms with E-state index in [0.717, 1.165) is 57.4 Å². The Hall–Kier alpha value is -3.45. The van der Waals surface area contributed by atoms with Gasteiger partial charge >= 0.3 is 6.03 Å². The molecule has 0 radical (unpaired) electrons. The number of hydrogen-bond acceptors (Lipinski definition) is 4. The molecular formula is C30H37N5O2. The third-order valence-corrected chi connectivity index (χ3v) is 7.81. The summed E-state index contributed by atoms with van der Waals surface area (Å²) < 4.78 is 1.71. The Morgan fingerprint density at radius 3 is 2.35 bits per heavy atom. The fourth-order valence-corrected chi connectivity index (χ4v) is 5.76. The van der Waals surface area contributed by atoms with E-state index in [4.69, 9.17) is 0 Å². The zero-order valence-corrected chi connectivity index (χ0v) is 21.6. The molecule has 3 heterocycles. The minimum absolute atomic E-state index is 0.0263. The number of carbonyl (C=O) groups is 1. The standard InChI is InChI=1S/C30H37N5O2/c1-2-31-26-15-18-35(28(19-26)25-11-7-4-8-12-25)30(37)33-16-13-23(14-17-33)21-34-22-32-27(20-29(34)36)24-9-5-3-6-10-24/h3-12,20,22-23,26,28,31H,2,13-19,21H2,1H3/t26-,28+/m1/s1. The van der Waals surface area contributed by atoms with Crippen LogP contribution in [0.25, 0.3) is 11.3 Å². The van der Waals surface area contributed by atoms with Gasteiger partial charge in [0.1, 0.15) is 0 Å². The summed E-state index contributed by atoms with van der Waals surface area (Å²) >= 11 is 0. The molecule has 3 aromatic rings. The van der Waals surface area contributed by atoms with Crippen LogP contribution in [0, 0.1) is 5.92 Å². The van der Waals surface area contributed by atoms with E-state index in [1.165, 1.54) is 5.56 Å². The highest BCUT2D eigenvalue weighted by Crippen LogP contribution is 2.33. The van der Waals surface area contributed by atoms with Crippen molar-refractivity contribution in [3.05, 3.63) is 89.0 Å². The number of hydrogen-bond donors (Lipinski definition) is 1. The molecular weight excluding hydrogens is 462 g/mol. The van der Waals surface area contributed by atoms with Crippen molar-refractivity contribution in [2.45, 2.75) is 51.2 Å². The molecule has 2 aliphatic heterocycles. The number of likely N-dealkylation sites (tertiary alicyclic amines) is 2. The van der Waals surface area contributed by atoms with Crippen molar-refractivity contribution in [3.63, 3.8) is 0 Å². The van der Waals surface area contributed by atoms with Gasteiger partial charge in [-0.25, -0.2) is 9.78 Å². The topological polar surface area (TPSA) is 70.5 Å². The minimum atomic E-state index is -0.0263. The molecule has 5 rings (SSSR count). The number of piperidine rings is 2. The summed E-state index contributed by atoms with van der Waals surface area (Å²) in [4.78, 5) is 35.0. The molecule has 7 heteroatoms. The molecule has 194 valence electrons. The Labute approximate surface area is 219 Å². The maximum atomic E-state index is 13.7. The lowest BCUT2D eigenvalue weighted by Crippen LogP contribution is -2.52. The molecule has 0 spiro atoms. The van der Waals surface area contributed by atoms with E-state index in [-0.39, 0.29) is 17.6 Å². The van der Waals surface area contributed by atoms with Crippen molar-refractivity contribution in [1.29, 1.82) is 0 Å². The first-order chi connectivity index (χ1) is 18.1. The summed E-state index contributed by atoms with van der Waals surface area (Å²) in [7, 11) is 0. The van der Waals surface area contributed by atoms with Crippen LogP contribution in [0.5, 0.6) is 0 Å². The fourth-order valence-electron chi connectivity index (χ4n) is 5.76. The molecule has 2 aliphatic rings. The van der Waals surface area contributed by atoms with Crippen molar-refractivity contribution in [3.8, 4) is 11.3 Å². The van der Waals surface area contributed by atoms with Crippen LogP contribution in [0.1, 0.15) is 44.2 Å². The number of urea groups is 1.